The van der Waals surface area contributed by atoms with Crippen LogP contribution in [0.1, 0.15) is 42.9 Å². The van der Waals surface area contributed by atoms with Gasteiger partial charge < -0.3 is 14.4 Å². The maximum Gasteiger partial charge on any atom is 0.305 e. The van der Waals surface area contributed by atoms with Crippen molar-refractivity contribution >= 4 is 11.5 Å². The molecule has 1 heterocycles. The van der Waals surface area contributed by atoms with E-state index in [4.69, 9.17) is 9.47 Å². The molecule has 1 aliphatic heterocycles. The number of carbonyl (C=O) groups is 1. The molecule has 0 spiro atoms. The zero-order chi connectivity index (χ0) is 19.8. The molecule has 0 radical (unpaired) electrons. The highest BCUT2D eigenvalue weighted by atomic mass is 16.5. The Morgan fingerprint density at radius 2 is 1.86 bits per heavy atom. The highest BCUT2D eigenvalue weighted by molar-refractivity contribution is 5.84. The van der Waals surface area contributed by atoms with E-state index >= 15 is 0 Å². The molecule has 0 aromatic heterocycles. The van der Waals surface area contributed by atoms with E-state index in [1.807, 2.05) is 19.1 Å². The van der Waals surface area contributed by atoms with E-state index < -0.39 is 0 Å². The van der Waals surface area contributed by atoms with E-state index in [0.717, 1.165) is 37.2 Å². The summed E-state index contributed by atoms with van der Waals surface area (Å²) in [5, 5.41) is 0. The van der Waals surface area contributed by atoms with Gasteiger partial charge in [0.1, 0.15) is 12.4 Å². The summed E-state index contributed by atoms with van der Waals surface area (Å²) < 4.78 is 11.0. The number of hydrogen-bond donors (Lipinski definition) is 0. The van der Waals surface area contributed by atoms with Crippen molar-refractivity contribution in [1.82, 2.24) is 4.90 Å². The molecule has 0 bridgehead atoms. The van der Waals surface area contributed by atoms with Crippen LogP contribution in [-0.2, 0) is 16.1 Å². The van der Waals surface area contributed by atoms with Gasteiger partial charge in [-0.3, -0.25) is 4.79 Å². The molecule has 0 aliphatic carbocycles. The number of carbonyl (C=O) groups excluding carboxylic acids is 1. The number of ether oxygens (including phenoxy) is 2. The number of nitrogens with zero attached hydrogens (tertiary/aromatic N) is 1. The molecule has 0 saturated carbocycles. The molecule has 4 heteroatoms. The number of esters is 1. The first-order chi connectivity index (χ1) is 13.7. The Kier molecular flexibility index (Phi) is 7.26. The lowest BCUT2D eigenvalue weighted by atomic mass is 9.93. The van der Waals surface area contributed by atoms with Crippen LogP contribution in [0, 0.1) is 0 Å². The molecule has 0 fully saturated rings. The van der Waals surface area contributed by atoms with Gasteiger partial charge in [-0.15, -0.1) is 0 Å². The first-order valence-corrected chi connectivity index (χ1v) is 10.0. The van der Waals surface area contributed by atoms with Crippen molar-refractivity contribution in [1.29, 1.82) is 0 Å². The summed E-state index contributed by atoms with van der Waals surface area (Å²) in [6, 6.07) is 16.7. The summed E-state index contributed by atoms with van der Waals surface area (Å²) in [5.41, 5.74) is 4.85. The van der Waals surface area contributed by atoms with Gasteiger partial charge in [-0.2, -0.15) is 0 Å². The van der Waals surface area contributed by atoms with Crippen molar-refractivity contribution in [3.8, 4) is 5.75 Å². The summed E-state index contributed by atoms with van der Waals surface area (Å²) >= 11 is 0. The minimum atomic E-state index is -0.107. The summed E-state index contributed by atoms with van der Waals surface area (Å²) in [6.45, 7) is 4.72. The zero-order valence-corrected chi connectivity index (χ0v) is 16.8. The van der Waals surface area contributed by atoms with Gasteiger partial charge in [-0.1, -0.05) is 48.5 Å². The first kappa shape index (κ1) is 20.2. The quantitative estimate of drug-likeness (QED) is 0.625. The van der Waals surface area contributed by atoms with Crippen molar-refractivity contribution < 1.29 is 14.3 Å². The molecule has 0 saturated heterocycles. The molecule has 3 rings (SSSR count). The Labute approximate surface area is 167 Å². The zero-order valence-electron chi connectivity index (χ0n) is 16.8. The van der Waals surface area contributed by atoms with E-state index in [-0.39, 0.29) is 5.97 Å². The van der Waals surface area contributed by atoms with Crippen LogP contribution in [0.3, 0.4) is 0 Å². The van der Waals surface area contributed by atoms with E-state index in [9.17, 15) is 4.79 Å². The van der Waals surface area contributed by atoms with Crippen molar-refractivity contribution in [3.63, 3.8) is 0 Å². The Morgan fingerprint density at radius 1 is 1.11 bits per heavy atom. The van der Waals surface area contributed by atoms with Gasteiger partial charge in [0.05, 0.1) is 6.61 Å². The largest absolute Gasteiger partial charge is 0.488 e. The van der Waals surface area contributed by atoms with Crippen LogP contribution in [0.15, 0.2) is 54.6 Å². The molecule has 0 unspecified atom stereocenters. The first-order valence-electron chi connectivity index (χ1n) is 10.0. The average Bonchev–Trinajstić information content (AvgIpc) is 2.86. The molecule has 0 atom stereocenters. The Bertz CT molecular complexity index is 779. The highest BCUT2D eigenvalue weighted by Gasteiger charge is 2.18. The van der Waals surface area contributed by atoms with Gasteiger partial charge in [-0.25, -0.2) is 0 Å². The van der Waals surface area contributed by atoms with E-state index in [2.05, 4.69) is 54.4 Å². The minimum absolute atomic E-state index is 0.107. The van der Waals surface area contributed by atoms with Crippen LogP contribution in [0.2, 0.25) is 0 Å². The molecule has 4 nitrogen and oxygen atoms in total. The van der Waals surface area contributed by atoms with Crippen LogP contribution in [-0.4, -0.2) is 37.6 Å². The van der Waals surface area contributed by atoms with Crippen molar-refractivity contribution in [3.05, 3.63) is 71.3 Å². The Morgan fingerprint density at radius 3 is 2.68 bits per heavy atom. The van der Waals surface area contributed by atoms with Crippen LogP contribution in [0.4, 0.5) is 0 Å². The van der Waals surface area contributed by atoms with Crippen molar-refractivity contribution in [2.24, 2.45) is 0 Å². The van der Waals surface area contributed by atoms with Gasteiger partial charge in [0.25, 0.3) is 0 Å². The van der Waals surface area contributed by atoms with Crippen LogP contribution < -0.4 is 4.74 Å². The molecule has 2 aromatic carbocycles. The normalized spacial score (nSPS) is 14.2. The summed E-state index contributed by atoms with van der Waals surface area (Å²) in [5.74, 6) is 0.831. The van der Waals surface area contributed by atoms with E-state index in [1.165, 1.54) is 16.7 Å². The minimum Gasteiger partial charge on any atom is -0.488 e. The second-order valence-electron chi connectivity index (χ2n) is 7.06. The second kappa shape index (κ2) is 10.1. The maximum absolute atomic E-state index is 11.4. The number of fused-ring (bicyclic) bond motifs is 2. The van der Waals surface area contributed by atoms with Crippen LogP contribution >= 0.6 is 0 Å². The number of benzene rings is 2. The fourth-order valence-electron chi connectivity index (χ4n) is 3.51. The summed E-state index contributed by atoms with van der Waals surface area (Å²) in [7, 11) is 2.10. The molecular formula is C24H29NO3. The van der Waals surface area contributed by atoms with Gasteiger partial charge in [-0.05, 0) is 56.1 Å². The topological polar surface area (TPSA) is 38.8 Å². The molecule has 1 aliphatic rings. The molecule has 148 valence electrons. The fourth-order valence-corrected chi connectivity index (χ4v) is 3.51. The van der Waals surface area contributed by atoms with Gasteiger partial charge in [0, 0.05) is 18.5 Å². The number of para-hydroxylation sites is 1. The summed E-state index contributed by atoms with van der Waals surface area (Å²) in [4.78, 5) is 13.7. The second-order valence-corrected chi connectivity index (χ2v) is 7.06. The lowest BCUT2D eigenvalue weighted by Gasteiger charge is -2.16. The third-order valence-corrected chi connectivity index (χ3v) is 4.95. The molecule has 28 heavy (non-hydrogen) atoms. The van der Waals surface area contributed by atoms with Gasteiger partial charge >= 0.3 is 5.97 Å². The number of hydrogen-bond acceptors (Lipinski definition) is 4. The predicted molar refractivity (Wildman–Crippen MR) is 112 cm³/mol. The lowest BCUT2D eigenvalue weighted by Crippen LogP contribution is -2.21. The number of rotatable bonds is 8. The van der Waals surface area contributed by atoms with Crippen molar-refractivity contribution in [2.75, 3.05) is 26.7 Å². The Balaban J connectivity index is 1.65. The third-order valence-electron chi connectivity index (χ3n) is 4.95. The monoisotopic (exact) mass is 379 g/mol. The summed E-state index contributed by atoms with van der Waals surface area (Å²) in [6.07, 6.45) is 4.56. The van der Waals surface area contributed by atoms with Gasteiger partial charge in [0.15, 0.2) is 0 Å². The maximum atomic E-state index is 11.4. The predicted octanol–water partition coefficient (Wildman–Crippen LogP) is 4.68. The standard InChI is InChI=1S/C24H29NO3/c1-3-27-24(26)15-9-17-25(2)16-8-13-21-20-11-5-4-10-19(20)18-28-23-14-7-6-12-22(21)23/h4-7,10-14H,3,8-9,15-18H2,1-2H3/b21-13-. The van der Waals surface area contributed by atoms with Crippen molar-refractivity contribution in [2.45, 2.75) is 32.8 Å². The smallest absolute Gasteiger partial charge is 0.305 e. The van der Waals surface area contributed by atoms with E-state index in [1.54, 1.807) is 0 Å². The average molecular weight is 380 g/mol. The Hall–Kier alpha value is -2.59. The molecular weight excluding hydrogens is 350 g/mol. The fraction of sp³-hybridized carbons (Fsp3) is 0.375. The highest BCUT2D eigenvalue weighted by Crippen LogP contribution is 2.36. The van der Waals surface area contributed by atoms with Crippen LogP contribution in [0.5, 0.6) is 5.75 Å². The van der Waals surface area contributed by atoms with Crippen LogP contribution in [0.25, 0.3) is 5.57 Å². The third kappa shape index (κ3) is 5.23. The van der Waals surface area contributed by atoms with E-state index in [0.29, 0.717) is 19.6 Å². The molecule has 2 aromatic rings. The molecule has 0 amide bonds. The molecule has 0 N–H and O–H groups in total. The van der Waals surface area contributed by atoms with Gasteiger partial charge in [0.2, 0.25) is 0 Å². The SMILES string of the molecule is CCOC(=O)CCCN(C)CC/C=C1/c2ccccc2COc2ccccc21. The lowest BCUT2D eigenvalue weighted by molar-refractivity contribution is -0.143.